The summed E-state index contributed by atoms with van der Waals surface area (Å²) in [5.74, 6) is -0.0432. The van der Waals surface area contributed by atoms with Crippen LogP contribution in [0.25, 0.3) is 0 Å². The highest BCUT2D eigenvalue weighted by Gasteiger charge is 2.20. The molecule has 0 aliphatic carbocycles. The van der Waals surface area contributed by atoms with Crippen molar-refractivity contribution in [2.75, 3.05) is 13.2 Å². The van der Waals surface area contributed by atoms with Gasteiger partial charge in [-0.1, -0.05) is 295 Å². The molecule has 0 aromatic carbocycles. The SMILES string of the molecule is CCCC/C=C\C/C=C\CCCCCCCC(=O)OCCCCCCCCCCCCCCCCCCCCC(=O)NC(CO)C(O)CCCCCCCCCCCCCCCCCCCCC. The molecule has 0 aromatic rings. The molecule has 6 nitrogen and oxygen atoms in total. The topological polar surface area (TPSA) is 95.9 Å². The molecule has 2 atom stereocenters. The highest BCUT2D eigenvalue weighted by Crippen LogP contribution is 2.18. The molecule has 68 heavy (non-hydrogen) atoms. The van der Waals surface area contributed by atoms with E-state index in [1.165, 1.54) is 250 Å². The number of unbranched alkanes of at least 4 members (excludes halogenated alkanes) is 42. The van der Waals surface area contributed by atoms with Gasteiger partial charge in [0.15, 0.2) is 0 Å². The van der Waals surface area contributed by atoms with Crippen molar-refractivity contribution in [2.24, 2.45) is 0 Å². The fraction of sp³-hybridized carbons (Fsp3) is 0.903. The van der Waals surface area contributed by atoms with Crippen LogP contribution in [0.5, 0.6) is 0 Å². The lowest BCUT2D eigenvalue weighted by atomic mass is 10.0. The van der Waals surface area contributed by atoms with Crippen LogP contribution in [0.3, 0.4) is 0 Å². The molecule has 0 saturated carbocycles. The Morgan fingerprint density at radius 2 is 0.750 bits per heavy atom. The number of amides is 1. The summed E-state index contributed by atoms with van der Waals surface area (Å²) in [5, 5.41) is 23.3. The molecule has 0 aliphatic heterocycles. The number of ether oxygens (including phenoxy) is 1. The van der Waals surface area contributed by atoms with Gasteiger partial charge in [0, 0.05) is 12.8 Å². The number of carbonyl (C=O) groups is 2. The van der Waals surface area contributed by atoms with Gasteiger partial charge in [0.25, 0.3) is 0 Å². The zero-order valence-corrected chi connectivity index (χ0v) is 45.9. The van der Waals surface area contributed by atoms with E-state index in [0.29, 0.717) is 25.9 Å². The zero-order chi connectivity index (χ0) is 49.3. The van der Waals surface area contributed by atoms with Crippen LogP contribution in [-0.2, 0) is 14.3 Å². The molecule has 6 heteroatoms. The molecule has 2 unspecified atom stereocenters. The molecule has 0 aliphatic rings. The highest BCUT2D eigenvalue weighted by atomic mass is 16.5. The average molecular weight is 959 g/mol. The van der Waals surface area contributed by atoms with E-state index in [-0.39, 0.29) is 18.5 Å². The number of aliphatic hydroxyl groups excluding tert-OH is 2. The molecule has 0 rings (SSSR count). The Kier molecular flexibility index (Phi) is 56.5. The first-order valence-corrected chi connectivity index (χ1v) is 30.6. The van der Waals surface area contributed by atoms with E-state index in [4.69, 9.17) is 4.74 Å². The number of carbonyl (C=O) groups excluding carboxylic acids is 2. The lowest BCUT2D eigenvalue weighted by molar-refractivity contribution is -0.143. The van der Waals surface area contributed by atoms with E-state index < -0.39 is 12.1 Å². The van der Waals surface area contributed by atoms with Crippen molar-refractivity contribution >= 4 is 11.9 Å². The summed E-state index contributed by atoms with van der Waals surface area (Å²) in [7, 11) is 0. The van der Waals surface area contributed by atoms with Crippen LogP contribution < -0.4 is 5.32 Å². The predicted octanol–water partition coefficient (Wildman–Crippen LogP) is 19.0. The van der Waals surface area contributed by atoms with Gasteiger partial charge < -0.3 is 20.3 Å². The molecule has 0 heterocycles. The maximum atomic E-state index is 12.5. The van der Waals surface area contributed by atoms with E-state index in [2.05, 4.69) is 43.5 Å². The van der Waals surface area contributed by atoms with Crippen LogP contribution in [0, 0.1) is 0 Å². The summed E-state index contributed by atoms with van der Waals surface area (Å²) in [6.07, 6.45) is 70.3. The van der Waals surface area contributed by atoms with E-state index in [0.717, 1.165) is 51.4 Å². The van der Waals surface area contributed by atoms with Gasteiger partial charge in [0.05, 0.1) is 25.4 Å². The monoisotopic (exact) mass is 958 g/mol. The quantitative estimate of drug-likeness (QED) is 0.0321. The summed E-state index contributed by atoms with van der Waals surface area (Å²) in [4.78, 5) is 24.5. The van der Waals surface area contributed by atoms with E-state index in [9.17, 15) is 19.8 Å². The van der Waals surface area contributed by atoms with Gasteiger partial charge in [-0.25, -0.2) is 0 Å². The number of hydrogen-bond acceptors (Lipinski definition) is 5. The summed E-state index contributed by atoms with van der Waals surface area (Å²) in [6.45, 7) is 4.92. The van der Waals surface area contributed by atoms with Gasteiger partial charge in [0.2, 0.25) is 5.91 Å². The van der Waals surface area contributed by atoms with Gasteiger partial charge in [-0.3, -0.25) is 9.59 Å². The van der Waals surface area contributed by atoms with Crippen LogP contribution in [0.2, 0.25) is 0 Å². The summed E-state index contributed by atoms with van der Waals surface area (Å²) < 4.78 is 5.47. The highest BCUT2D eigenvalue weighted by molar-refractivity contribution is 5.76. The maximum Gasteiger partial charge on any atom is 0.305 e. The second-order valence-corrected chi connectivity index (χ2v) is 21.0. The molecule has 0 aromatic heterocycles. The molecule has 0 bridgehead atoms. The lowest BCUT2D eigenvalue weighted by Gasteiger charge is -2.22. The van der Waals surface area contributed by atoms with Crippen molar-refractivity contribution in [1.29, 1.82) is 0 Å². The normalized spacial score (nSPS) is 12.7. The van der Waals surface area contributed by atoms with E-state index >= 15 is 0 Å². The number of allylic oxidation sites excluding steroid dienone is 4. The smallest absolute Gasteiger partial charge is 0.305 e. The van der Waals surface area contributed by atoms with Gasteiger partial charge in [0.1, 0.15) is 0 Å². The second-order valence-electron chi connectivity index (χ2n) is 21.0. The predicted molar refractivity (Wildman–Crippen MR) is 296 cm³/mol. The molecule has 0 radical (unpaired) electrons. The number of aliphatic hydroxyl groups is 2. The third kappa shape index (κ3) is 53.7. The molecule has 1 amide bonds. The van der Waals surface area contributed by atoms with Crippen molar-refractivity contribution < 1.29 is 24.5 Å². The van der Waals surface area contributed by atoms with Crippen molar-refractivity contribution in [3.8, 4) is 0 Å². The van der Waals surface area contributed by atoms with E-state index in [1.807, 2.05) is 0 Å². The molecule has 0 fully saturated rings. The molecule has 0 spiro atoms. The molecule has 402 valence electrons. The van der Waals surface area contributed by atoms with Crippen LogP contribution >= 0.6 is 0 Å². The van der Waals surface area contributed by atoms with Crippen LogP contribution in [0.4, 0.5) is 0 Å². The lowest BCUT2D eigenvalue weighted by Crippen LogP contribution is -2.45. The van der Waals surface area contributed by atoms with Gasteiger partial charge in [-0.15, -0.1) is 0 Å². The zero-order valence-electron chi connectivity index (χ0n) is 45.9. The van der Waals surface area contributed by atoms with E-state index in [1.54, 1.807) is 0 Å². The summed E-state index contributed by atoms with van der Waals surface area (Å²) in [6, 6.07) is -0.545. The fourth-order valence-electron chi connectivity index (χ4n) is 9.54. The van der Waals surface area contributed by atoms with Crippen LogP contribution in [0.1, 0.15) is 335 Å². The minimum absolute atomic E-state index is 0.00672. The number of hydrogen-bond donors (Lipinski definition) is 3. The van der Waals surface area contributed by atoms with Crippen molar-refractivity contribution in [1.82, 2.24) is 5.32 Å². The number of rotatable bonds is 57. The van der Waals surface area contributed by atoms with Crippen molar-refractivity contribution in [3.05, 3.63) is 24.3 Å². The Bertz CT molecular complexity index is 1060. The second kappa shape index (κ2) is 57.9. The first kappa shape index (κ1) is 66.3. The van der Waals surface area contributed by atoms with Gasteiger partial charge >= 0.3 is 5.97 Å². The van der Waals surface area contributed by atoms with Crippen LogP contribution in [0.15, 0.2) is 24.3 Å². The summed E-state index contributed by atoms with van der Waals surface area (Å²) >= 11 is 0. The Balaban J connectivity index is 3.41. The standard InChI is InChI=1S/C62H119NO5/c1-3-5-7-9-11-13-15-17-19-20-21-24-27-30-34-38-42-46-50-54-60(65)59(58-64)63-61(66)55-51-47-43-39-35-31-28-25-22-23-26-29-33-37-41-45-49-53-57-68-62(67)56-52-48-44-40-36-32-18-16-14-12-10-8-6-4-2/h10,12,16,18,59-60,64-65H,3-9,11,13-15,17,19-58H2,1-2H3,(H,63,66)/b12-10-,18-16-. The molecular formula is C62H119NO5. The molecular weight excluding hydrogens is 839 g/mol. The Morgan fingerprint density at radius 3 is 1.16 bits per heavy atom. The molecule has 3 N–H and O–H groups in total. The Labute approximate surface area is 424 Å². The largest absolute Gasteiger partial charge is 0.466 e. The molecule has 0 saturated heterocycles. The number of nitrogens with one attached hydrogen (secondary N) is 1. The van der Waals surface area contributed by atoms with Gasteiger partial charge in [-0.2, -0.15) is 0 Å². The maximum absolute atomic E-state index is 12.5. The fourth-order valence-corrected chi connectivity index (χ4v) is 9.54. The number of esters is 1. The van der Waals surface area contributed by atoms with Crippen LogP contribution in [-0.4, -0.2) is 47.4 Å². The first-order valence-electron chi connectivity index (χ1n) is 30.6. The van der Waals surface area contributed by atoms with Crippen molar-refractivity contribution in [3.63, 3.8) is 0 Å². The average Bonchev–Trinajstić information content (AvgIpc) is 3.34. The minimum atomic E-state index is -0.668. The minimum Gasteiger partial charge on any atom is -0.466 e. The summed E-state index contributed by atoms with van der Waals surface area (Å²) in [5.41, 5.74) is 0. The Morgan fingerprint density at radius 1 is 0.412 bits per heavy atom. The Hall–Kier alpha value is -1.66. The third-order valence-corrected chi connectivity index (χ3v) is 14.3. The first-order chi connectivity index (χ1) is 33.5. The third-order valence-electron chi connectivity index (χ3n) is 14.3. The van der Waals surface area contributed by atoms with Crippen molar-refractivity contribution in [2.45, 2.75) is 347 Å². The van der Waals surface area contributed by atoms with Gasteiger partial charge in [-0.05, 0) is 51.4 Å².